The Morgan fingerprint density at radius 3 is 3.08 bits per heavy atom. The van der Waals surface area contributed by atoms with Gasteiger partial charge < -0.3 is 9.64 Å². The second-order valence-corrected chi connectivity index (χ2v) is 7.56. The maximum absolute atomic E-state index is 13.2. The fraction of sp³-hybridized carbons (Fsp3) is 0.421. The van der Waals surface area contributed by atoms with Crippen LogP contribution in [0.25, 0.3) is 0 Å². The molecule has 6 heteroatoms. The van der Waals surface area contributed by atoms with Crippen LogP contribution in [-0.4, -0.2) is 47.9 Å². The minimum Gasteiger partial charge on any atom is -0.489 e. The number of amides is 1. The van der Waals surface area contributed by atoms with Gasteiger partial charge >= 0.3 is 0 Å². The van der Waals surface area contributed by atoms with Crippen molar-refractivity contribution < 1.29 is 13.9 Å². The van der Waals surface area contributed by atoms with Crippen molar-refractivity contribution in [1.82, 2.24) is 9.80 Å². The van der Waals surface area contributed by atoms with Crippen LogP contribution in [0.4, 0.5) is 4.39 Å². The molecule has 0 aliphatic carbocycles. The first-order valence-corrected chi connectivity index (χ1v) is 9.56. The SMILES string of the molecule is O=C(c1cc(COc2cccc(F)c2)cs1)N1CCN2CCCC2C1. The van der Waals surface area contributed by atoms with Crippen molar-refractivity contribution in [2.24, 2.45) is 0 Å². The molecule has 1 unspecified atom stereocenters. The van der Waals surface area contributed by atoms with Crippen LogP contribution in [0.3, 0.4) is 0 Å². The molecule has 0 saturated carbocycles. The number of carbonyl (C=O) groups is 1. The summed E-state index contributed by atoms with van der Waals surface area (Å²) in [5.74, 6) is 0.301. The summed E-state index contributed by atoms with van der Waals surface area (Å²) in [4.78, 5) is 18.0. The Morgan fingerprint density at radius 2 is 2.20 bits per heavy atom. The Hall–Kier alpha value is -1.92. The average Bonchev–Trinajstić information content (AvgIpc) is 3.28. The Balaban J connectivity index is 1.36. The van der Waals surface area contributed by atoms with Gasteiger partial charge in [-0.1, -0.05) is 6.07 Å². The number of hydrogen-bond donors (Lipinski definition) is 0. The predicted molar refractivity (Wildman–Crippen MR) is 95.5 cm³/mol. The second kappa shape index (κ2) is 7.14. The van der Waals surface area contributed by atoms with Gasteiger partial charge in [-0.05, 0) is 43.0 Å². The van der Waals surface area contributed by atoms with Gasteiger partial charge in [-0.3, -0.25) is 9.69 Å². The molecule has 0 spiro atoms. The quantitative estimate of drug-likeness (QED) is 0.838. The van der Waals surface area contributed by atoms with Crippen LogP contribution in [0.2, 0.25) is 0 Å². The van der Waals surface area contributed by atoms with E-state index in [-0.39, 0.29) is 11.7 Å². The highest BCUT2D eigenvalue weighted by Crippen LogP contribution is 2.25. The van der Waals surface area contributed by atoms with E-state index in [9.17, 15) is 9.18 Å². The molecular formula is C19H21FN2O2S. The summed E-state index contributed by atoms with van der Waals surface area (Å²) < 4.78 is 18.8. The minimum absolute atomic E-state index is 0.119. The number of thiophene rings is 1. The van der Waals surface area contributed by atoms with Crippen LogP contribution in [0.1, 0.15) is 28.1 Å². The van der Waals surface area contributed by atoms with Gasteiger partial charge in [0.1, 0.15) is 18.2 Å². The third-order valence-electron chi connectivity index (χ3n) is 4.94. The number of ether oxygens (including phenoxy) is 1. The number of piperazine rings is 1. The fourth-order valence-corrected chi connectivity index (χ4v) is 4.48. The molecule has 132 valence electrons. The molecule has 25 heavy (non-hydrogen) atoms. The summed E-state index contributed by atoms with van der Waals surface area (Å²) in [5.41, 5.74) is 0.942. The number of benzene rings is 1. The van der Waals surface area contributed by atoms with Crippen LogP contribution >= 0.6 is 11.3 Å². The van der Waals surface area contributed by atoms with Crippen molar-refractivity contribution in [3.8, 4) is 5.75 Å². The lowest BCUT2D eigenvalue weighted by Crippen LogP contribution is -2.51. The standard InChI is InChI=1S/C19H21FN2O2S/c20-15-3-1-5-17(10-15)24-12-14-9-18(25-13-14)19(23)22-8-7-21-6-2-4-16(21)11-22/h1,3,5,9-10,13,16H,2,4,6-8,11-12H2. The van der Waals surface area contributed by atoms with Gasteiger partial charge in [-0.25, -0.2) is 4.39 Å². The predicted octanol–water partition coefficient (Wildman–Crippen LogP) is 3.39. The van der Waals surface area contributed by atoms with Crippen LogP contribution in [-0.2, 0) is 6.61 Å². The monoisotopic (exact) mass is 360 g/mol. The van der Waals surface area contributed by atoms with Crippen molar-refractivity contribution in [2.75, 3.05) is 26.2 Å². The molecule has 2 fully saturated rings. The van der Waals surface area contributed by atoms with E-state index < -0.39 is 0 Å². The lowest BCUT2D eigenvalue weighted by atomic mass is 10.1. The van der Waals surface area contributed by atoms with Crippen molar-refractivity contribution in [1.29, 1.82) is 0 Å². The molecule has 2 aromatic rings. The summed E-state index contributed by atoms with van der Waals surface area (Å²) in [7, 11) is 0. The van der Waals surface area contributed by atoms with Gasteiger partial charge in [0.2, 0.25) is 0 Å². The van der Waals surface area contributed by atoms with E-state index in [0.717, 1.165) is 30.1 Å². The molecule has 4 rings (SSSR count). The molecule has 2 saturated heterocycles. The third kappa shape index (κ3) is 3.70. The van der Waals surface area contributed by atoms with Gasteiger partial charge in [0.25, 0.3) is 5.91 Å². The van der Waals surface area contributed by atoms with Crippen LogP contribution < -0.4 is 4.74 Å². The molecule has 0 bridgehead atoms. The third-order valence-corrected chi connectivity index (χ3v) is 5.91. The van der Waals surface area contributed by atoms with Crippen molar-refractivity contribution in [2.45, 2.75) is 25.5 Å². The lowest BCUT2D eigenvalue weighted by Gasteiger charge is -2.37. The Bertz CT molecular complexity index is 763. The van der Waals surface area contributed by atoms with E-state index in [0.29, 0.717) is 18.4 Å². The first-order chi connectivity index (χ1) is 12.2. The number of nitrogens with zero attached hydrogens (tertiary/aromatic N) is 2. The normalized spacial score (nSPS) is 20.5. The maximum Gasteiger partial charge on any atom is 0.264 e. The van der Waals surface area contributed by atoms with Crippen LogP contribution in [0.5, 0.6) is 5.75 Å². The van der Waals surface area contributed by atoms with E-state index >= 15 is 0 Å². The topological polar surface area (TPSA) is 32.8 Å². The molecular weight excluding hydrogens is 339 g/mol. The van der Waals surface area contributed by atoms with Gasteiger partial charge in [-0.15, -0.1) is 11.3 Å². The zero-order chi connectivity index (χ0) is 17.2. The zero-order valence-electron chi connectivity index (χ0n) is 14.0. The second-order valence-electron chi connectivity index (χ2n) is 6.65. The highest BCUT2D eigenvalue weighted by molar-refractivity contribution is 7.12. The highest BCUT2D eigenvalue weighted by atomic mass is 32.1. The van der Waals surface area contributed by atoms with Crippen molar-refractivity contribution in [3.63, 3.8) is 0 Å². The van der Waals surface area contributed by atoms with Gasteiger partial charge in [-0.2, -0.15) is 0 Å². The summed E-state index contributed by atoms with van der Waals surface area (Å²) >= 11 is 1.46. The van der Waals surface area contributed by atoms with Gasteiger partial charge in [0.05, 0.1) is 4.88 Å². The smallest absolute Gasteiger partial charge is 0.264 e. The minimum atomic E-state index is -0.315. The number of halogens is 1. The van der Waals surface area contributed by atoms with Gasteiger partial charge in [0.15, 0.2) is 0 Å². The number of rotatable bonds is 4. The highest BCUT2D eigenvalue weighted by Gasteiger charge is 2.33. The Morgan fingerprint density at radius 1 is 1.28 bits per heavy atom. The lowest BCUT2D eigenvalue weighted by molar-refractivity contribution is 0.0576. The molecule has 4 nitrogen and oxygen atoms in total. The molecule has 1 amide bonds. The molecule has 1 atom stereocenters. The van der Waals surface area contributed by atoms with Crippen LogP contribution in [0, 0.1) is 5.82 Å². The molecule has 0 radical (unpaired) electrons. The van der Waals surface area contributed by atoms with E-state index in [2.05, 4.69) is 4.90 Å². The van der Waals surface area contributed by atoms with E-state index in [1.54, 1.807) is 12.1 Å². The summed E-state index contributed by atoms with van der Waals surface area (Å²) in [6, 6.07) is 8.53. The first kappa shape index (κ1) is 16.5. The van der Waals surface area contributed by atoms with E-state index in [1.807, 2.05) is 16.3 Å². The Labute approximate surface area is 150 Å². The van der Waals surface area contributed by atoms with Crippen LogP contribution in [0.15, 0.2) is 35.7 Å². The average molecular weight is 360 g/mol. The first-order valence-electron chi connectivity index (χ1n) is 8.68. The number of fused-ring (bicyclic) bond motifs is 1. The molecule has 3 heterocycles. The van der Waals surface area contributed by atoms with Gasteiger partial charge in [0, 0.05) is 37.3 Å². The van der Waals surface area contributed by atoms with E-state index in [1.165, 1.54) is 42.9 Å². The van der Waals surface area contributed by atoms with Crippen molar-refractivity contribution in [3.05, 3.63) is 52.0 Å². The maximum atomic E-state index is 13.2. The molecule has 2 aliphatic heterocycles. The largest absolute Gasteiger partial charge is 0.489 e. The molecule has 1 aromatic heterocycles. The Kier molecular flexibility index (Phi) is 4.72. The fourth-order valence-electron chi connectivity index (χ4n) is 3.62. The summed E-state index contributed by atoms with van der Waals surface area (Å²) in [5, 5.41) is 1.94. The van der Waals surface area contributed by atoms with Crippen molar-refractivity contribution >= 4 is 17.2 Å². The summed E-state index contributed by atoms with van der Waals surface area (Å²) in [6.45, 7) is 4.14. The molecule has 0 N–H and O–H groups in total. The van der Waals surface area contributed by atoms with E-state index in [4.69, 9.17) is 4.74 Å². The number of carbonyl (C=O) groups excluding carboxylic acids is 1. The molecule has 1 aromatic carbocycles. The number of hydrogen-bond acceptors (Lipinski definition) is 4. The molecule has 2 aliphatic rings. The summed E-state index contributed by atoms with van der Waals surface area (Å²) in [6.07, 6.45) is 2.44. The zero-order valence-corrected chi connectivity index (χ0v) is 14.8.